The van der Waals surface area contributed by atoms with Crippen molar-refractivity contribution in [1.29, 1.82) is 0 Å². The molecule has 0 radical (unpaired) electrons. The largest absolute Gasteiger partial charge is 0.273 e. The summed E-state index contributed by atoms with van der Waals surface area (Å²) in [4.78, 5) is 4.31. The molecule has 2 heterocycles. The number of benzene rings is 1. The molecule has 0 saturated heterocycles. The van der Waals surface area contributed by atoms with E-state index < -0.39 is 20.0 Å². The summed E-state index contributed by atoms with van der Waals surface area (Å²) in [6.07, 6.45) is 0. The van der Waals surface area contributed by atoms with Crippen LogP contribution in [-0.2, 0) is 20.0 Å². The molecule has 1 aromatic carbocycles. The van der Waals surface area contributed by atoms with Crippen LogP contribution in [-0.4, -0.2) is 40.2 Å². The van der Waals surface area contributed by atoms with Crippen LogP contribution in [0.4, 0.5) is 5.13 Å². The molecule has 0 spiro atoms. The number of thiazole rings is 1. The maximum absolute atomic E-state index is 12.3. The molecule has 134 valence electrons. The zero-order valence-corrected chi connectivity index (χ0v) is 16.9. The van der Waals surface area contributed by atoms with Gasteiger partial charge in [0.1, 0.15) is 4.21 Å². The molecule has 1 N–H and O–H groups in total. The molecule has 0 atom stereocenters. The number of thiophene rings is 1. The van der Waals surface area contributed by atoms with Crippen LogP contribution in [0.1, 0.15) is 0 Å². The molecule has 0 aliphatic rings. The standard InChI is InChI=1S/C13H12ClN3O4S4/c1-17(2)25(20,21)8-3-4-9-10(7-8)22-13(15-9)16-24(18,19)12-6-5-11(14)23-12/h3-7H,1-2H3,(H,15,16). The first-order valence-corrected chi connectivity index (χ1v) is 11.6. The summed E-state index contributed by atoms with van der Waals surface area (Å²) in [5.74, 6) is 0. The monoisotopic (exact) mass is 437 g/mol. The fraction of sp³-hybridized carbons (Fsp3) is 0.154. The summed E-state index contributed by atoms with van der Waals surface area (Å²) < 4.78 is 53.5. The van der Waals surface area contributed by atoms with Gasteiger partial charge in [0.05, 0.1) is 19.4 Å². The van der Waals surface area contributed by atoms with Crippen molar-refractivity contribution in [2.45, 2.75) is 9.10 Å². The Morgan fingerprint density at radius 2 is 1.80 bits per heavy atom. The Balaban J connectivity index is 1.97. The molecular formula is C13H12ClN3O4S4. The molecular weight excluding hydrogens is 426 g/mol. The van der Waals surface area contributed by atoms with Gasteiger partial charge in [0, 0.05) is 14.1 Å². The van der Waals surface area contributed by atoms with Gasteiger partial charge in [-0.1, -0.05) is 22.9 Å². The van der Waals surface area contributed by atoms with Gasteiger partial charge < -0.3 is 0 Å². The van der Waals surface area contributed by atoms with Gasteiger partial charge in [-0.3, -0.25) is 4.72 Å². The SMILES string of the molecule is CN(C)S(=O)(=O)c1ccc2nc(NS(=O)(=O)c3ccc(Cl)s3)sc2c1. The number of hydrogen-bond donors (Lipinski definition) is 1. The normalized spacial score (nSPS) is 12.8. The maximum Gasteiger partial charge on any atom is 0.273 e. The van der Waals surface area contributed by atoms with Gasteiger partial charge in [-0.15, -0.1) is 11.3 Å². The van der Waals surface area contributed by atoms with Gasteiger partial charge in [-0.2, -0.15) is 0 Å². The molecule has 12 heteroatoms. The molecule has 0 bridgehead atoms. The van der Waals surface area contributed by atoms with E-state index in [1.807, 2.05) is 0 Å². The molecule has 2 aromatic heterocycles. The third-order valence-electron chi connectivity index (χ3n) is 3.17. The highest BCUT2D eigenvalue weighted by molar-refractivity contribution is 7.95. The highest BCUT2D eigenvalue weighted by Crippen LogP contribution is 2.32. The van der Waals surface area contributed by atoms with Crippen molar-refractivity contribution in [1.82, 2.24) is 9.29 Å². The van der Waals surface area contributed by atoms with E-state index in [4.69, 9.17) is 11.6 Å². The molecule has 0 unspecified atom stereocenters. The summed E-state index contributed by atoms with van der Waals surface area (Å²) in [7, 11) is -4.48. The molecule has 3 rings (SSSR count). The van der Waals surface area contributed by atoms with Crippen LogP contribution < -0.4 is 4.72 Å². The average molecular weight is 438 g/mol. The Morgan fingerprint density at radius 1 is 1.08 bits per heavy atom. The van der Waals surface area contributed by atoms with E-state index >= 15 is 0 Å². The Labute approximate surface area is 158 Å². The minimum absolute atomic E-state index is 0.0765. The third kappa shape index (κ3) is 3.66. The van der Waals surface area contributed by atoms with Gasteiger partial charge in [0.2, 0.25) is 10.0 Å². The first-order chi connectivity index (χ1) is 11.6. The van der Waals surface area contributed by atoms with E-state index in [9.17, 15) is 16.8 Å². The van der Waals surface area contributed by atoms with E-state index in [0.717, 1.165) is 27.0 Å². The molecule has 0 aliphatic heterocycles. The zero-order chi connectivity index (χ0) is 18.4. The smallest absolute Gasteiger partial charge is 0.254 e. The molecule has 0 amide bonds. The van der Waals surface area contributed by atoms with Gasteiger partial charge >= 0.3 is 0 Å². The maximum atomic E-state index is 12.3. The molecule has 7 nitrogen and oxygen atoms in total. The van der Waals surface area contributed by atoms with Gasteiger partial charge in [0.25, 0.3) is 10.0 Å². The van der Waals surface area contributed by atoms with Crippen molar-refractivity contribution in [2.24, 2.45) is 0 Å². The van der Waals surface area contributed by atoms with E-state index in [1.54, 1.807) is 6.07 Å². The lowest BCUT2D eigenvalue weighted by Gasteiger charge is -2.10. The molecule has 25 heavy (non-hydrogen) atoms. The number of anilines is 1. The predicted octanol–water partition coefficient (Wildman–Crippen LogP) is 3.06. The molecule has 3 aromatic rings. The second-order valence-corrected chi connectivity index (χ2v) is 11.9. The number of fused-ring (bicyclic) bond motifs is 1. The van der Waals surface area contributed by atoms with Crippen molar-refractivity contribution < 1.29 is 16.8 Å². The Morgan fingerprint density at radius 3 is 2.40 bits per heavy atom. The average Bonchev–Trinajstić information content (AvgIpc) is 3.11. The second kappa shape index (κ2) is 6.49. The number of sulfonamides is 2. The second-order valence-electron chi connectivity index (χ2n) is 5.10. The van der Waals surface area contributed by atoms with Crippen LogP contribution in [0.2, 0.25) is 4.34 Å². The topological polar surface area (TPSA) is 96.4 Å². The molecule has 0 saturated carbocycles. The van der Waals surface area contributed by atoms with E-state index in [0.29, 0.717) is 14.6 Å². The minimum atomic E-state index is -3.79. The lowest BCUT2D eigenvalue weighted by atomic mass is 10.3. The molecule has 0 fully saturated rings. The zero-order valence-electron chi connectivity index (χ0n) is 12.9. The Bertz CT molecular complexity index is 1150. The van der Waals surface area contributed by atoms with Crippen molar-refractivity contribution in [3.63, 3.8) is 0 Å². The van der Waals surface area contributed by atoms with Crippen molar-refractivity contribution in [3.8, 4) is 0 Å². The highest BCUT2D eigenvalue weighted by atomic mass is 35.5. The summed E-state index contributed by atoms with van der Waals surface area (Å²) >= 11 is 7.76. The summed E-state index contributed by atoms with van der Waals surface area (Å²) in [6, 6.07) is 7.36. The quantitative estimate of drug-likeness (QED) is 0.661. The van der Waals surface area contributed by atoms with Gasteiger partial charge in [-0.05, 0) is 30.3 Å². The van der Waals surface area contributed by atoms with E-state index in [2.05, 4.69) is 9.71 Å². The van der Waals surface area contributed by atoms with Gasteiger partial charge in [0.15, 0.2) is 5.13 Å². The minimum Gasteiger partial charge on any atom is -0.254 e. The Hall–Kier alpha value is -1.24. The first kappa shape index (κ1) is 18.5. The van der Waals surface area contributed by atoms with Crippen LogP contribution in [0.15, 0.2) is 39.4 Å². The lowest BCUT2D eigenvalue weighted by Crippen LogP contribution is -2.22. The van der Waals surface area contributed by atoms with E-state index in [1.165, 1.54) is 38.4 Å². The van der Waals surface area contributed by atoms with Crippen molar-refractivity contribution >= 4 is 69.7 Å². The number of nitrogens with one attached hydrogen (secondary N) is 1. The summed E-state index contributed by atoms with van der Waals surface area (Å²) in [6.45, 7) is 0. The highest BCUT2D eigenvalue weighted by Gasteiger charge is 2.21. The number of nitrogens with zero attached hydrogens (tertiary/aromatic N) is 2. The Kier molecular flexibility index (Phi) is 4.81. The van der Waals surface area contributed by atoms with Gasteiger partial charge in [-0.25, -0.2) is 26.1 Å². The van der Waals surface area contributed by atoms with Crippen LogP contribution in [0.5, 0.6) is 0 Å². The van der Waals surface area contributed by atoms with Crippen molar-refractivity contribution in [2.75, 3.05) is 18.8 Å². The number of hydrogen-bond acceptors (Lipinski definition) is 7. The van der Waals surface area contributed by atoms with Crippen LogP contribution >= 0.6 is 34.3 Å². The number of halogens is 1. The van der Waals surface area contributed by atoms with E-state index in [-0.39, 0.29) is 14.2 Å². The van der Waals surface area contributed by atoms with Crippen LogP contribution in [0.25, 0.3) is 10.2 Å². The number of aromatic nitrogens is 1. The van der Waals surface area contributed by atoms with Crippen LogP contribution in [0, 0.1) is 0 Å². The van der Waals surface area contributed by atoms with Crippen molar-refractivity contribution in [3.05, 3.63) is 34.7 Å². The summed E-state index contributed by atoms with van der Waals surface area (Å²) in [5.41, 5.74) is 0.504. The van der Waals surface area contributed by atoms with Crippen LogP contribution in [0.3, 0.4) is 0 Å². The lowest BCUT2D eigenvalue weighted by molar-refractivity contribution is 0.521. The molecule has 0 aliphatic carbocycles. The fourth-order valence-corrected chi connectivity index (χ4v) is 6.55. The summed E-state index contributed by atoms with van der Waals surface area (Å²) in [5, 5.41) is 0.152. The first-order valence-electron chi connectivity index (χ1n) is 6.71. The third-order valence-corrected chi connectivity index (χ3v) is 9.11. The fourth-order valence-electron chi connectivity index (χ4n) is 1.93. The number of rotatable bonds is 5. The predicted molar refractivity (Wildman–Crippen MR) is 101 cm³/mol.